The molecule has 0 spiro atoms. The van der Waals surface area contributed by atoms with E-state index >= 15 is 0 Å². The molecule has 126 valence electrons. The van der Waals surface area contributed by atoms with E-state index in [1.54, 1.807) is 24.3 Å². The fourth-order valence-electron chi connectivity index (χ4n) is 2.42. The van der Waals surface area contributed by atoms with Crippen LogP contribution in [0.3, 0.4) is 0 Å². The van der Waals surface area contributed by atoms with Crippen molar-refractivity contribution < 1.29 is 19.4 Å². The minimum atomic E-state index is -0.556. The molecule has 1 N–H and O–H groups in total. The zero-order chi connectivity index (χ0) is 17.7. The van der Waals surface area contributed by atoms with E-state index in [4.69, 9.17) is 4.74 Å². The molecular weight excluding hydrogens is 306 g/mol. The lowest BCUT2D eigenvalue weighted by molar-refractivity contribution is 0.0601. The fourth-order valence-corrected chi connectivity index (χ4v) is 2.42. The topological polar surface area (TPSA) is 66.8 Å². The van der Waals surface area contributed by atoms with E-state index in [0.717, 1.165) is 0 Å². The Labute approximate surface area is 141 Å². The van der Waals surface area contributed by atoms with Gasteiger partial charge >= 0.3 is 5.97 Å². The summed E-state index contributed by atoms with van der Waals surface area (Å²) in [5.74, 6) is -0.641. The van der Waals surface area contributed by atoms with Gasteiger partial charge in [0, 0.05) is 18.2 Å². The fraction of sp³-hybridized carbons (Fsp3) is 0.263. The zero-order valence-electron chi connectivity index (χ0n) is 14.0. The highest BCUT2D eigenvalue weighted by Gasteiger charge is 2.24. The molecule has 5 nitrogen and oxygen atoms in total. The van der Waals surface area contributed by atoms with Crippen molar-refractivity contribution in [2.45, 2.75) is 13.8 Å². The molecule has 0 unspecified atom stereocenters. The van der Waals surface area contributed by atoms with Crippen LogP contribution in [-0.2, 0) is 4.74 Å². The number of phenolic OH excluding ortho intramolecular Hbond substituents is 1. The normalized spacial score (nSPS) is 10.5. The van der Waals surface area contributed by atoms with Crippen LogP contribution in [0.2, 0.25) is 0 Å². The Morgan fingerprint density at radius 1 is 1.12 bits per heavy atom. The van der Waals surface area contributed by atoms with Gasteiger partial charge in [0.2, 0.25) is 0 Å². The first-order chi connectivity index (χ1) is 11.4. The SMILES string of the molecule is COC(=O)c1ccc(O)cc1N(CC(C)C)C(=O)c1ccccc1. The Bertz CT molecular complexity index is 725. The summed E-state index contributed by atoms with van der Waals surface area (Å²) in [6, 6.07) is 13.1. The molecule has 0 radical (unpaired) electrons. The molecule has 2 rings (SSSR count). The minimum Gasteiger partial charge on any atom is -0.508 e. The van der Waals surface area contributed by atoms with E-state index < -0.39 is 5.97 Å². The Morgan fingerprint density at radius 3 is 2.38 bits per heavy atom. The number of aromatic hydroxyl groups is 1. The van der Waals surface area contributed by atoms with E-state index in [1.165, 1.54) is 30.2 Å². The van der Waals surface area contributed by atoms with Crippen LogP contribution in [0, 0.1) is 5.92 Å². The Morgan fingerprint density at radius 2 is 1.79 bits per heavy atom. The number of methoxy groups -OCH3 is 1. The standard InChI is InChI=1S/C19H21NO4/c1-13(2)12-20(18(22)14-7-5-4-6-8-14)17-11-15(21)9-10-16(17)19(23)24-3/h4-11,13,21H,12H2,1-3H3. The van der Waals surface area contributed by atoms with Crippen LogP contribution in [0.4, 0.5) is 5.69 Å². The van der Waals surface area contributed by atoms with Crippen LogP contribution in [0.5, 0.6) is 5.75 Å². The molecule has 0 saturated carbocycles. The summed E-state index contributed by atoms with van der Waals surface area (Å²) in [4.78, 5) is 26.5. The van der Waals surface area contributed by atoms with Gasteiger partial charge in [0.15, 0.2) is 0 Å². The van der Waals surface area contributed by atoms with Crippen molar-refractivity contribution in [2.24, 2.45) is 5.92 Å². The van der Waals surface area contributed by atoms with Crippen molar-refractivity contribution in [1.82, 2.24) is 0 Å². The van der Waals surface area contributed by atoms with E-state index in [9.17, 15) is 14.7 Å². The highest BCUT2D eigenvalue weighted by molar-refractivity contribution is 6.09. The molecule has 0 saturated heterocycles. The lowest BCUT2D eigenvalue weighted by atomic mass is 10.1. The van der Waals surface area contributed by atoms with Crippen LogP contribution in [0.25, 0.3) is 0 Å². The van der Waals surface area contributed by atoms with Gasteiger partial charge in [0.05, 0.1) is 18.4 Å². The number of phenols is 1. The Balaban J connectivity index is 2.54. The highest BCUT2D eigenvalue weighted by Crippen LogP contribution is 2.28. The summed E-state index contributed by atoms with van der Waals surface area (Å²) in [6.45, 7) is 4.36. The lowest BCUT2D eigenvalue weighted by Crippen LogP contribution is -2.35. The number of hydrogen-bond donors (Lipinski definition) is 1. The summed E-state index contributed by atoms with van der Waals surface area (Å²) in [5, 5.41) is 9.84. The van der Waals surface area contributed by atoms with Gasteiger partial charge in [-0.25, -0.2) is 4.79 Å². The molecule has 24 heavy (non-hydrogen) atoms. The molecule has 0 atom stereocenters. The van der Waals surface area contributed by atoms with E-state index in [2.05, 4.69) is 0 Å². The highest BCUT2D eigenvalue weighted by atomic mass is 16.5. The first-order valence-corrected chi connectivity index (χ1v) is 7.72. The van der Waals surface area contributed by atoms with Gasteiger partial charge in [-0.2, -0.15) is 0 Å². The number of benzene rings is 2. The van der Waals surface area contributed by atoms with Gasteiger partial charge in [0.25, 0.3) is 5.91 Å². The number of nitrogens with zero attached hydrogens (tertiary/aromatic N) is 1. The average molecular weight is 327 g/mol. The van der Waals surface area contributed by atoms with Crippen LogP contribution < -0.4 is 4.90 Å². The number of ether oxygens (including phenoxy) is 1. The summed E-state index contributed by atoms with van der Waals surface area (Å²) < 4.78 is 4.80. The van der Waals surface area contributed by atoms with E-state index in [-0.39, 0.29) is 23.1 Å². The Hall–Kier alpha value is -2.82. The monoisotopic (exact) mass is 327 g/mol. The molecule has 0 fully saturated rings. The number of hydrogen-bond acceptors (Lipinski definition) is 4. The average Bonchev–Trinajstić information content (AvgIpc) is 2.59. The van der Waals surface area contributed by atoms with Crippen LogP contribution in [0.15, 0.2) is 48.5 Å². The molecule has 1 amide bonds. The molecular formula is C19H21NO4. The van der Waals surface area contributed by atoms with Crippen molar-refractivity contribution in [3.8, 4) is 5.75 Å². The smallest absolute Gasteiger partial charge is 0.339 e. The second-order valence-electron chi connectivity index (χ2n) is 5.87. The second-order valence-corrected chi connectivity index (χ2v) is 5.87. The summed E-state index contributed by atoms with van der Waals surface area (Å²) in [7, 11) is 1.28. The van der Waals surface area contributed by atoms with Crippen LogP contribution >= 0.6 is 0 Å². The largest absolute Gasteiger partial charge is 0.508 e. The van der Waals surface area contributed by atoms with Crippen LogP contribution in [0.1, 0.15) is 34.6 Å². The molecule has 2 aromatic rings. The number of carbonyl (C=O) groups is 2. The van der Waals surface area contributed by atoms with Gasteiger partial charge < -0.3 is 14.7 Å². The summed E-state index contributed by atoms with van der Waals surface area (Å²) in [5.41, 5.74) is 1.09. The number of amides is 1. The first-order valence-electron chi connectivity index (χ1n) is 7.72. The quantitative estimate of drug-likeness (QED) is 0.854. The molecule has 0 aliphatic carbocycles. The third-order valence-corrected chi connectivity index (χ3v) is 3.49. The van der Waals surface area contributed by atoms with E-state index in [1.807, 2.05) is 19.9 Å². The maximum absolute atomic E-state index is 12.9. The minimum absolute atomic E-state index is 0.0210. The van der Waals surface area contributed by atoms with Crippen molar-refractivity contribution in [1.29, 1.82) is 0 Å². The van der Waals surface area contributed by atoms with Gasteiger partial charge in [-0.1, -0.05) is 32.0 Å². The summed E-state index contributed by atoms with van der Waals surface area (Å²) in [6.07, 6.45) is 0. The van der Waals surface area contributed by atoms with Gasteiger partial charge in [-0.05, 0) is 30.2 Å². The predicted molar refractivity (Wildman–Crippen MR) is 92.4 cm³/mol. The molecule has 0 aromatic heterocycles. The van der Waals surface area contributed by atoms with Gasteiger partial charge in [-0.15, -0.1) is 0 Å². The first kappa shape index (κ1) is 17.5. The zero-order valence-corrected chi connectivity index (χ0v) is 14.0. The van der Waals surface area contributed by atoms with Crippen LogP contribution in [-0.4, -0.2) is 30.6 Å². The van der Waals surface area contributed by atoms with Crippen molar-refractivity contribution >= 4 is 17.6 Å². The summed E-state index contributed by atoms with van der Waals surface area (Å²) >= 11 is 0. The molecule has 0 aliphatic rings. The van der Waals surface area contributed by atoms with Crippen molar-refractivity contribution in [2.75, 3.05) is 18.6 Å². The van der Waals surface area contributed by atoms with E-state index in [0.29, 0.717) is 17.8 Å². The Kier molecular flexibility index (Phi) is 5.58. The van der Waals surface area contributed by atoms with Gasteiger partial charge in [0.1, 0.15) is 5.75 Å². The lowest BCUT2D eigenvalue weighted by Gasteiger charge is -2.26. The third-order valence-electron chi connectivity index (χ3n) is 3.49. The molecule has 0 bridgehead atoms. The predicted octanol–water partition coefficient (Wildman–Crippen LogP) is 3.48. The van der Waals surface area contributed by atoms with Gasteiger partial charge in [-0.3, -0.25) is 4.79 Å². The maximum atomic E-state index is 12.9. The maximum Gasteiger partial charge on any atom is 0.339 e. The number of anilines is 1. The van der Waals surface area contributed by atoms with Crippen molar-refractivity contribution in [3.63, 3.8) is 0 Å². The molecule has 5 heteroatoms. The number of carbonyl (C=O) groups excluding carboxylic acids is 2. The van der Waals surface area contributed by atoms with Crippen molar-refractivity contribution in [3.05, 3.63) is 59.7 Å². The molecule has 0 aliphatic heterocycles. The number of esters is 1. The second kappa shape index (κ2) is 7.64. The number of rotatable bonds is 5. The molecule has 2 aromatic carbocycles. The molecule has 0 heterocycles. The third kappa shape index (κ3) is 3.93.